The highest BCUT2D eigenvalue weighted by molar-refractivity contribution is 7.91. The van der Waals surface area contributed by atoms with Crippen LogP contribution in [-0.4, -0.2) is 49.7 Å². The molecule has 2 atom stereocenters. The van der Waals surface area contributed by atoms with Crippen LogP contribution in [0.1, 0.15) is 27.7 Å². The van der Waals surface area contributed by atoms with Gasteiger partial charge in [0.05, 0.1) is 10.3 Å². The first-order valence-electron chi connectivity index (χ1n) is 8.74. The number of carbonyl (C=O) groups is 1. The summed E-state index contributed by atoms with van der Waals surface area (Å²) >= 11 is 6.93. The van der Waals surface area contributed by atoms with Gasteiger partial charge in [0.15, 0.2) is 0 Å². The Balaban J connectivity index is 1.64. The van der Waals surface area contributed by atoms with Gasteiger partial charge in [-0.3, -0.25) is 4.79 Å². The Kier molecular flexibility index (Phi) is 5.29. The Hall–Kier alpha value is -0.890. The van der Waals surface area contributed by atoms with Gasteiger partial charge >= 0.3 is 0 Å². The molecular weight excluding hydrogens is 392 g/mol. The van der Waals surface area contributed by atoms with Gasteiger partial charge in [0.25, 0.3) is 10.0 Å². The van der Waals surface area contributed by atoms with E-state index in [1.165, 1.54) is 15.9 Å². The number of nitrogens with zero attached hydrogens (tertiary/aromatic N) is 2. The molecule has 2 aliphatic rings. The Morgan fingerprint density at radius 1 is 1.23 bits per heavy atom. The number of allylic oxidation sites excluding steroid dienone is 2. The summed E-state index contributed by atoms with van der Waals surface area (Å²) in [7, 11) is -3.52. The minimum Gasteiger partial charge on any atom is -0.340 e. The molecule has 0 unspecified atom stereocenters. The zero-order chi connectivity index (χ0) is 19.3. The maximum absolute atomic E-state index is 12.9. The first-order valence-corrected chi connectivity index (χ1v) is 11.4. The second kappa shape index (κ2) is 6.93. The zero-order valence-corrected chi connectivity index (χ0v) is 17.9. The summed E-state index contributed by atoms with van der Waals surface area (Å²) in [6.07, 6.45) is 2.18. The molecule has 1 aromatic rings. The Bertz CT molecular complexity index is 832. The van der Waals surface area contributed by atoms with Crippen LogP contribution in [0.4, 0.5) is 0 Å². The summed E-state index contributed by atoms with van der Waals surface area (Å²) in [5.74, 6) is 0.417. The highest BCUT2D eigenvalue weighted by atomic mass is 35.5. The average molecular weight is 417 g/mol. The van der Waals surface area contributed by atoms with E-state index in [1.54, 1.807) is 6.07 Å². The number of hydrogen-bond donors (Lipinski definition) is 0. The lowest BCUT2D eigenvalue weighted by molar-refractivity contribution is -0.134. The van der Waals surface area contributed by atoms with Crippen molar-refractivity contribution in [2.45, 2.75) is 31.9 Å². The third kappa shape index (κ3) is 3.59. The molecule has 1 aliphatic heterocycles. The normalized spacial score (nSPS) is 25.8. The predicted molar refractivity (Wildman–Crippen MR) is 105 cm³/mol. The molecule has 2 fully saturated rings. The fraction of sp³-hybridized carbons (Fsp3) is 0.611. The van der Waals surface area contributed by atoms with Crippen LogP contribution in [0.3, 0.4) is 0 Å². The second-order valence-electron chi connectivity index (χ2n) is 7.86. The van der Waals surface area contributed by atoms with E-state index in [-0.39, 0.29) is 27.4 Å². The fourth-order valence-electron chi connectivity index (χ4n) is 3.73. The number of rotatable bonds is 4. The Morgan fingerprint density at radius 2 is 1.85 bits per heavy atom. The van der Waals surface area contributed by atoms with Crippen molar-refractivity contribution in [3.63, 3.8) is 0 Å². The minimum atomic E-state index is -3.52. The average Bonchev–Trinajstić information content (AvgIpc) is 2.90. The number of amides is 1. The van der Waals surface area contributed by atoms with Gasteiger partial charge in [-0.15, -0.1) is 11.3 Å². The summed E-state index contributed by atoms with van der Waals surface area (Å²) in [6, 6.07) is 3.13. The molecule has 1 amide bonds. The lowest BCUT2D eigenvalue weighted by Gasteiger charge is -2.34. The van der Waals surface area contributed by atoms with Crippen molar-refractivity contribution >= 4 is 38.9 Å². The van der Waals surface area contributed by atoms with E-state index in [1.807, 2.05) is 4.90 Å². The molecule has 1 saturated carbocycles. The first kappa shape index (κ1) is 19.9. The summed E-state index contributed by atoms with van der Waals surface area (Å²) in [5.41, 5.74) is 1.20. The van der Waals surface area contributed by atoms with Crippen molar-refractivity contribution in [1.29, 1.82) is 0 Å². The zero-order valence-electron chi connectivity index (χ0n) is 15.5. The molecule has 1 aliphatic carbocycles. The van der Waals surface area contributed by atoms with E-state index in [9.17, 15) is 13.2 Å². The monoisotopic (exact) mass is 416 g/mol. The van der Waals surface area contributed by atoms with E-state index < -0.39 is 10.0 Å². The molecule has 3 rings (SSSR count). The van der Waals surface area contributed by atoms with Crippen LogP contribution < -0.4 is 0 Å². The Morgan fingerprint density at radius 3 is 2.35 bits per heavy atom. The van der Waals surface area contributed by atoms with Gasteiger partial charge in [-0.25, -0.2) is 8.42 Å². The van der Waals surface area contributed by atoms with Gasteiger partial charge in [0.1, 0.15) is 4.21 Å². The van der Waals surface area contributed by atoms with Crippen LogP contribution in [0.5, 0.6) is 0 Å². The van der Waals surface area contributed by atoms with Crippen LogP contribution in [0.25, 0.3) is 0 Å². The molecule has 8 heteroatoms. The largest absolute Gasteiger partial charge is 0.340 e. The minimum absolute atomic E-state index is 0.00309. The van der Waals surface area contributed by atoms with Gasteiger partial charge in [-0.2, -0.15) is 4.31 Å². The standard InChI is InChI=1S/C18H25ClN2O3S2/c1-12(2)11-13-16(18(13,3)4)17(22)20-7-9-21(10-8-20)26(23,24)15-6-5-14(19)25-15/h5-6,11,13,16H,7-10H2,1-4H3/t13-,16-/m0/s1. The maximum atomic E-state index is 12.9. The molecule has 144 valence electrons. The van der Waals surface area contributed by atoms with Crippen molar-refractivity contribution in [2.24, 2.45) is 17.3 Å². The molecule has 0 aromatic carbocycles. The lowest BCUT2D eigenvalue weighted by atomic mass is 10.1. The Labute approximate surface area is 164 Å². The SMILES string of the molecule is CC(C)=C[C@H]1[C@@H](C(=O)N2CCN(S(=O)(=O)c3ccc(Cl)s3)CC2)C1(C)C. The molecule has 0 bridgehead atoms. The van der Waals surface area contributed by atoms with E-state index in [0.717, 1.165) is 11.3 Å². The number of thiophene rings is 1. The van der Waals surface area contributed by atoms with Gasteiger partial charge in [-0.05, 0) is 37.3 Å². The van der Waals surface area contributed by atoms with Crippen molar-refractivity contribution in [3.05, 3.63) is 28.1 Å². The third-order valence-electron chi connectivity index (χ3n) is 5.38. The summed E-state index contributed by atoms with van der Waals surface area (Å²) in [6.45, 7) is 9.87. The highest BCUT2D eigenvalue weighted by Crippen LogP contribution is 2.60. The van der Waals surface area contributed by atoms with E-state index in [0.29, 0.717) is 30.5 Å². The second-order valence-corrected chi connectivity index (χ2v) is 11.7. The summed E-state index contributed by atoms with van der Waals surface area (Å²) in [5, 5.41) is 0. The summed E-state index contributed by atoms with van der Waals surface area (Å²) < 4.78 is 27.5. The van der Waals surface area contributed by atoms with Crippen molar-refractivity contribution < 1.29 is 13.2 Å². The quantitative estimate of drug-likeness (QED) is 0.706. The molecule has 5 nitrogen and oxygen atoms in total. The molecular formula is C18H25ClN2O3S2. The van der Waals surface area contributed by atoms with Gasteiger partial charge < -0.3 is 4.90 Å². The lowest BCUT2D eigenvalue weighted by Crippen LogP contribution is -2.51. The molecule has 1 aromatic heterocycles. The maximum Gasteiger partial charge on any atom is 0.252 e. The summed E-state index contributed by atoms with van der Waals surface area (Å²) in [4.78, 5) is 14.7. The van der Waals surface area contributed by atoms with Crippen molar-refractivity contribution in [2.75, 3.05) is 26.2 Å². The van der Waals surface area contributed by atoms with Crippen LogP contribution in [-0.2, 0) is 14.8 Å². The van der Waals surface area contributed by atoms with E-state index >= 15 is 0 Å². The fourth-order valence-corrected chi connectivity index (χ4v) is 6.79. The number of piperazine rings is 1. The smallest absolute Gasteiger partial charge is 0.252 e. The van der Waals surface area contributed by atoms with Crippen LogP contribution in [0.2, 0.25) is 4.34 Å². The molecule has 0 radical (unpaired) electrons. The molecule has 1 saturated heterocycles. The number of halogens is 1. The first-order chi connectivity index (χ1) is 12.0. The van der Waals surface area contributed by atoms with Gasteiger partial charge in [0.2, 0.25) is 5.91 Å². The van der Waals surface area contributed by atoms with Crippen molar-refractivity contribution in [1.82, 2.24) is 9.21 Å². The number of sulfonamides is 1. The van der Waals surface area contributed by atoms with Gasteiger partial charge in [-0.1, -0.05) is 37.1 Å². The molecule has 26 heavy (non-hydrogen) atoms. The number of carbonyl (C=O) groups excluding carboxylic acids is 1. The highest BCUT2D eigenvalue weighted by Gasteiger charge is 2.61. The number of hydrogen-bond acceptors (Lipinski definition) is 4. The molecule has 0 N–H and O–H groups in total. The molecule has 0 spiro atoms. The van der Waals surface area contributed by atoms with Gasteiger partial charge in [0, 0.05) is 26.2 Å². The molecule has 2 heterocycles. The van der Waals surface area contributed by atoms with Crippen LogP contribution in [0, 0.1) is 17.3 Å². The third-order valence-corrected chi connectivity index (χ3v) is 8.98. The van der Waals surface area contributed by atoms with E-state index in [2.05, 4.69) is 33.8 Å². The predicted octanol–water partition coefficient (Wildman–Crippen LogP) is 3.47. The van der Waals surface area contributed by atoms with Crippen LogP contribution in [0.15, 0.2) is 28.0 Å². The van der Waals surface area contributed by atoms with E-state index in [4.69, 9.17) is 11.6 Å². The van der Waals surface area contributed by atoms with Crippen molar-refractivity contribution in [3.8, 4) is 0 Å². The topological polar surface area (TPSA) is 57.7 Å². The van der Waals surface area contributed by atoms with Crippen LogP contribution >= 0.6 is 22.9 Å².